The van der Waals surface area contributed by atoms with E-state index in [1.54, 1.807) is 0 Å². The van der Waals surface area contributed by atoms with Gasteiger partial charge in [-0.1, -0.05) is 64.5 Å². The molecule has 0 aliphatic carbocycles. The zero-order chi connectivity index (χ0) is 13.1. The maximum Gasteiger partial charge on any atom is 0.127 e. The number of hydrogen-bond acceptors (Lipinski definition) is 1. The van der Waals surface area contributed by atoms with Crippen molar-refractivity contribution < 1.29 is 4.74 Å². The fourth-order valence-electron chi connectivity index (χ4n) is 2.06. The van der Waals surface area contributed by atoms with Crippen LogP contribution in [0, 0.1) is 0 Å². The molecule has 0 fully saturated rings. The minimum Gasteiger partial charge on any atom is -0.488 e. The molecule has 3 aromatic carbocycles. The summed E-state index contributed by atoms with van der Waals surface area (Å²) in [5.74, 6) is 0.931. The third-order valence-electron chi connectivity index (χ3n) is 3.06. The van der Waals surface area contributed by atoms with Crippen LogP contribution in [0.15, 0.2) is 71.2 Å². The van der Waals surface area contributed by atoms with Crippen LogP contribution < -0.4 is 4.74 Å². The lowest BCUT2D eigenvalue weighted by Gasteiger charge is -2.09. The maximum atomic E-state index is 5.93. The molecular weight excluding hydrogens is 300 g/mol. The summed E-state index contributed by atoms with van der Waals surface area (Å²) in [7, 11) is 0. The molecule has 0 radical (unpaired) electrons. The fraction of sp³-hybridized carbons (Fsp3) is 0.0588. The highest BCUT2D eigenvalue weighted by Gasteiger charge is 2.01. The second kappa shape index (κ2) is 5.45. The second-order valence-corrected chi connectivity index (χ2v) is 5.31. The van der Waals surface area contributed by atoms with Gasteiger partial charge in [0, 0.05) is 9.86 Å². The number of fused-ring (bicyclic) bond motifs is 1. The molecule has 0 N–H and O–H groups in total. The molecule has 0 saturated carbocycles. The monoisotopic (exact) mass is 312 g/mol. The highest BCUT2D eigenvalue weighted by Crippen LogP contribution is 2.26. The van der Waals surface area contributed by atoms with E-state index in [0.29, 0.717) is 6.61 Å². The summed E-state index contributed by atoms with van der Waals surface area (Å²) in [4.78, 5) is 0. The van der Waals surface area contributed by atoms with Crippen molar-refractivity contribution in [2.45, 2.75) is 6.61 Å². The molecule has 94 valence electrons. The molecule has 0 amide bonds. The van der Waals surface area contributed by atoms with Crippen LogP contribution in [0.5, 0.6) is 5.75 Å². The van der Waals surface area contributed by atoms with Crippen molar-refractivity contribution in [1.82, 2.24) is 0 Å². The van der Waals surface area contributed by atoms with Crippen molar-refractivity contribution in [3.63, 3.8) is 0 Å². The van der Waals surface area contributed by atoms with E-state index in [-0.39, 0.29) is 0 Å². The highest BCUT2D eigenvalue weighted by molar-refractivity contribution is 9.10. The summed E-state index contributed by atoms with van der Waals surface area (Å²) in [5.41, 5.74) is 1.16. The molecule has 0 heterocycles. The summed E-state index contributed by atoms with van der Waals surface area (Å²) >= 11 is 3.43. The van der Waals surface area contributed by atoms with Crippen LogP contribution in [0.3, 0.4) is 0 Å². The van der Waals surface area contributed by atoms with Crippen molar-refractivity contribution >= 4 is 26.7 Å². The quantitative estimate of drug-likeness (QED) is 0.647. The van der Waals surface area contributed by atoms with Gasteiger partial charge in [-0.15, -0.1) is 0 Å². The van der Waals surface area contributed by atoms with Gasteiger partial charge in [-0.05, 0) is 29.1 Å². The number of halogens is 1. The largest absolute Gasteiger partial charge is 0.488 e. The summed E-state index contributed by atoms with van der Waals surface area (Å²) in [6.07, 6.45) is 0. The topological polar surface area (TPSA) is 9.23 Å². The van der Waals surface area contributed by atoms with Gasteiger partial charge >= 0.3 is 0 Å². The van der Waals surface area contributed by atoms with E-state index in [9.17, 15) is 0 Å². The zero-order valence-electron chi connectivity index (χ0n) is 10.3. The average Bonchev–Trinajstić information content (AvgIpc) is 2.47. The molecule has 0 aliphatic heterocycles. The third kappa shape index (κ3) is 2.79. The van der Waals surface area contributed by atoms with Gasteiger partial charge in [0.05, 0.1) is 0 Å². The zero-order valence-corrected chi connectivity index (χ0v) is 11.9. The van der Waals surface area contributed by atoms with Crippen LogP contribution >= 0.6 is 15.9 Å². The van der Waals surface area contributed by atoms with Crippen LogP contribution in [-0.4, -0.2) is 0 Å². The van der Waals surface area contributed by atoms with Gasteiger partial charge in [0.25, 0.3) is 0 Å². The Balaban J connectivity index is 1.84. The van der Waals surface area contributed by atoms with E-state index in [2.05, 4.69) is 46.3 Å². The molecule has 0 aromatic heterocycles. The second-order valence-electron chi connectivity index (χ2n) is 4.39. The molecule has 0 spiro atoms. The summed E-state index contributed by atoms with van der Waals surface area (Å²) in [6.45, 7) is 0.585. The number of ether oxygens (including phenoxy) is 1. The Morgan fingerprint density at radius 3 is 2.37 bits per heavy atom. The van der Waals surface area contributed by atoms with Gasteiger partial charge in [-0.25, -0.2) is 0 Å². The molecule has 19 heavy (non-hydrogen) atoms. The van der Waals surface area contributed by atoms with Gasteiger partial charge < -0.3 is 4.74 Å². The van der Waals surface area contributed by atoms with Gasteiger partial charge in [-0.2, -0.15) is 0 Å². The van der Waals surface area contributed by atoms with Gasteiger partial charge in [-0.3, -0.25) is 0 Å². The minimum atomic E-state index is 0.585. The van der Waals surface area contributed by atoms with Crippen molar-refractivity contribution in [3.05, 3.63) is 76.8 Å². The number of benzene rings is 3. The van der Waals surface area contributed by atoms with Gasteiger partial charge in [0.1, 0.15) is 12.4 Å². The lowest BCUT2D eigenvalue weighted by Crippen LogP contribution is -1.95. The van der Waals surface area contributed by atoms with E-state index in [0.717, 1.165) is 21.2 Å². The van der Waals surface area contributed by atoms with Gasteiger partial charge in [0.2, 0.25) is 0 Å². The first-order chi connectivity index (χ1) is 9.33. The van der Waals surface area contributed by atoms with E-state index in [1.807, 2.05) is 36.4 Å². The average molecular weight is 313 g/mol. The molecule has 0 aliphatic rings. The van der Waals surface area contributed by atoms with Crippen LogP contribution in [0.1, 0.15) is 5.56 Å². The third-order valence-corrected chi connectivity index (χ3v) is 3.59. The maximum absolute atomic E-state index is 5.93. The Hall–Kier alpha value is -1.80. The normalized spacial score (nSPS) is 10.6. The predicted molar refractivity (Wildman–Crippen MR) is 82.4 cm³/mol. The molecule has 1 nitrogen and oxygen atoms in total. The first kappa shape index (κ1) is 12.2. The summed E-state index contributed by atoms with van der Waals surface area (Å²) in [6, 6.07) is 22.6. The first-order valence-electron chi connectivity index (χ1n) is 6.18. The van der Waals surface area contributed by atoms with Crippen LogP contribution in [-0.2, 0) is 6.61 Å². The van der Waals surface area contributed by atoms with Gasteiger partial charge in [0.15, 0.2) is 0 Å². The first-order valence-corrected chi connectivity index (χ1v) is 6.97. The molecule has 0 bridgehead atoms. The van der Waals surface area contributed by atoms with E-state index in [1.165, 1.54) is 5.39 Å². The number of hydrogen-bond donors (Lipinski definition) is 0. The summed E-state index contributed by atoms with van der Waals surface area (Å²) < 4.78 is 7.01. The molecule has 0 saturated heterocycles. The van der Waals surface area contributed by atoms with Crippen molar-refractivity contribution in [3.8, 4) is 5.75 Å². The van der Waals surface area contributed by atoms with Crippen LogP contribution in [0.4, 0.5) is 0 Å². The van der Waals surface area contributed by atoms with E-state index in [4.69, 9.17) is 4.74 Å². The smallest absolute Gasteiger partial charge is 0.127 e. The molecule has 3 rings (SSSR count). The standard InChI is InChI=1S/C17H13BrO/c18-15-10-8-13(9-11-15)12-19-17-7-3-5-14-4-1-2-6-16(14)17/h1-11H,12H2. The van der Waals surface area contributed by atoms with Crippen LogP contribution in [0.25, 0.3) is 10.8 Å². The van der Waals surface area contributed by atoms with E-state index >= 15 is 0 Å². The Morgan fingerprint density at radius 1 is 0.789 bits per heavy atom. The molecule has 0 atom stereocenters. The Labute approximate surface area is 121 Å². The lowest BCUT2D eigenvalue weighted by atomic mass is 10.1. The van der Waals surface area contributed by atoms with Crippen molar-refractivity contribution in [1.29, 1.82) is 0 Å². The Bertz CT molecular complexity index is 684. The molecule has 3 aromatic rings. The Morgan fingerprint density at radius 2 is 1.53 bits per heavy atom. The lowest BCUT2D eigenvalue weighted by molar-refractivity contribution is 0.310. The molecular formula is C17H13BrO. The molecule has 0 unspecified atom stereocenters. The predicted octanol–water partition coefficient (Wildman–Crippen LogP) is 5.18. The van der Waals surface area contributed by atoms with Crippen LogP contribution in [0.2, 0.25) is 0 Å². The van der Waals surface area contributed by atoms with Crippen molar-refractivity contribution in [2.24, 2.45) is 0 Å². The fourth-order valence-corrected chi connectivity index (χ4v) is 2.33. The van der Waals surface area contributed by atoms with Crippen molar-refractivity contribution in [2.75, 3.05) is 0 Å². The van der Waals surface area contributed by atoms with E-state index < -0.39 is 0 Å². The Kier molecular flexibility index (Phi) is 3.51. The molecule has 2 heteroatoms. The summed E-state index contributed by atoms with van der Waals surface area (Å²) in [5, 5.41) is 2.36. The number of rotatable bonds is 3. The SMILES string of the molecule is Brc1ccc(COc2cccc3ccccc23)cc1. The highest BCUT2D eigenvalue weighted by atomic mass is 79.9. The minimum absolute atomic E-state index is 0.585.